The molecule has 1 N–H and O–H groups in total. The van der Waals surface area contributed by atoms with Crippen molar-refractivity contribution in [3.8, 4) is 11.3 Å². The monoisotopic (exact) mass is 411 g/mol. The summed E-state index contributed by atoms with van der Waals surface area (Å²) in [6.07, 6.45) is 0. The molecule has 21 heavy (non-hydrogen) atoms. The summed E-state index contributed by atoms with van der Waals surface area (Å²) in [6, 6.07) is 9.84. The van der Waals surface area contributed by atoms with Gasteiger partial charge in [0.1, 0.15) is 11.5 Å². The van der Waals surface area contributed by atoms with Crippen LogP contribution in [-0.2, 0) is 13.6 Å². The van der Waals surface area contributed by atoms with Gasteiger partial charge in [0.05, 0.1) is 6.54 Å². The minimum absolute atomic E-state index is 0.516. The van der Waals surface area contributed by atoms with Gasteiger partial charge in [-0.3, -0.25) is 0 Å². The molecular weight excluding hydrogens is 402 g/mol. The third-order valence-electron chi connectivity index (χ3n) is 2.90. The second-order valence-electron chi connectivity index (χ2n) is 4.37. The number of hydrogen-bond donors (Lipinski definition) is 1. The lowest BCUT2D eigenvalue weighted by atomic mass is 10.2. The maximum absolute atomic E-state index is 5.84. The number of rotatable bonds is 4. The van der Waals surface area contributed by atoms with Gasteiger partial charge in [0.15, 0.2) is 0 Å². The molecule has 0 saturated carbocycles. The molecule has 2 aromatic heterocycles. The Balaban J connectivity index is 1.75. The standard InChI is InChI=1S/C13H11Br2N5O/c1-20-13(17-18-19-20)16-7-9-3-5-12(21-9)10-4-2-8(14)6-11(10)15/h2-6H,7H2,1H3,(H,16,17,19). The summed E-state index contributed by atoms with van der Waals surface area (Å²) in [5.41, 5.74) is 1.00. The van der Waals surface area contributed by atoms with Crippen LogP contribution in [0.25, 0.3) is 11.3 Å². The number of benzene rings is 1. The summed E-state index contributed by atoms with van der Waals surface area (Å²) < 4.78 is 9.40. The Morgan fingerprint density at radius 1 is 1.24 bits per heavy atom. The lowest BCUT2D eigenvalue weighted by molar-refractivity contribution is 0.530. The van der Waals surface area contributed by atoms with Crippen LogP contribution in [-0.4, -0.2) is 20.2 Å². The maximum Gasteiger partial charge on any atom is 0.243 e. The van der Waals surface area contributed by atoms with Crippen molar-refractivity contribution in [1.29, 1.82) is 0 Å². The van der Waals surface area contributed by atoms with Crippen molar-refractivity contribution < 1.29 is 4.42 Å². The van der Waals surface area contributed by atoms with Gasteiger partial charge < -0.3 is 9.73 Å². The van der Waals surface area contributed by atoms with Crippen molar-refractivity contribution in [1.82, 2.24) is 20.2 Å². The van der Waals surface area contributed by atoms with Gasteiger partial charge in [0.2, 0.25) is 5.95 Å². The topological polar surface area (TPSA) is 68.8 Å². The van der Waals surface area contributed by atoms with E-state index in [4.69, 9.17) is 4.42 Å². The molecule has 0 unspecified atom stereocenters. The number of anilines is 1. The number of nitrogens with zero attached hydrogens (tertiary/aromatic N) is 4. The van der Waals surface area contributed by atoms with Gasteiger partial charge >= 0.3 is 0 Å². The summed E-state index contributed by atoms with van der Waals surface area (Å²) in [6.45, 7) is 0.516. The predicted octanol–water partition coefficient (Wildman–Crippen LogP) is 3.61. The first-order valence-electron chi connectivity index (χ1n) is 6.14. The van der Waals surface area contributed by atoms with E-state index in [1.165, 1.54) is 0 Å². The Kier molecular flexibility index (Phi) is 4.07. The molecule has 0 bridgehead atoms. The number of hydrogen-bond acceptors (Lipinski definition) is 5. The highest BCUT2D eigenvalue weighted by Gasteiger charge is 2.09. The van der Waals surface area contributed by atoms with Crippen LogP contribution in [0.1, 0.15) is 5.76 Å². The van der Waals surface area contributed by atoms with Crippen molar-refractivity contribution in [2.45, 2.75) is 6.54 Å². The first kappa shape index (κ1) is 14.3. The Hall–Kier alpha value is -1.67. The maximum atomic E-state index is 5.84. The first-order chi connectivity index (χ1) is 10.1. The molecule has 0 spiro atoms. The number of halogens is 2. The molecule has 2 heterocycles. The summed E-state index contributed by atoms with van der Waals surface area (Å²) in [5, 5.41) is 14.3. The number of aryl methyl sites for hydroxylation is 1. The van der Waals surface area contributed by atoms with Gasteiger partial charge in [-0.15, -0.1) is 0 Å². The fraction of sp³-hybridized carbons (Fsp3) is 0.154. The van der Waals surface area contributed by atoms with Crippen LogP contribution in [0.15, 0.2) is 43.7 Å². The van der Waals surface area contributed by atoms with Crippen molar-refractivity contribution in [2.24, 2.45) is 7.05 Å². The molecule has 8 heteroatoms. The summed E-state index contributed by atoms with van der Waals surface area (Å²) in [5.74, 6) is 2.21. The van der Waals surface area contributed by atoms with E-state index < -0.39 is 0 Å². The molecule has 0 aliphatic carbocycles. The van der Waals surface area contributed by atoms with Crippen LogP contribution in [0.3, 0.4) is 0 Å². The smallest absolute Gasteiger partial charge is 0.243 e. The van der Waals surface area contributed by atoms with Crippen molar-refractivity contribution in [3.05, 3.63) is 45.0 Å². The molecule has 0 aliphatic heterocycles. The van der Waals surface area contributed by atoms with Gasteiger partial charge in [0, 0.05) is 21.6 Å². The molecule has 1 aromatic carbocycles. The lowest BCUT2D eigenvalue weighted by Gasteiger charge is -2.03. The molecule has 108 valence electrons. The third-order valence-corrected chi connectivity index (χ3v) is 4.05. The lowest BCUT2D eigenvalue weighted by Crippen LogP contribution is -2.04. The van der Waals surface area contributed by atoms with E-state index in [2.05, 4.69) is 52.7 Å². The minimum atomic E-state index is 0.516. The van der Waals surface area contributed by atoms with E-state index in [9.17, 15) is 0 Å². The zero-order valence-electron chi connectivity index (χ0n) is 11.0. The highest BCUT2D eigenvalue weighted by atomic mass is 79.9. The molecule has 0 aliphatic rings. The Bertz CT molecular complexity index is 768. The quantitative estimate of drug-likeness (QED) is 0.708. The predicted molar refractivity (Wildman–Crippen MR) is 85.7 cm³/mol. The fourth-order valence-corrected chi connectivity index (χ4v) is 3.09. The number of tetrazole rings is 1. The third kappa shape index (κ3) is 3.16. The largest absolute Gasteiger partial charge is 0.459 e. The molecule has 6 nitrogen and oxygen atoms in total. The molecule has 0 amide bonds. The molecular formula is C13H11Br2N5O. The van der Waals surface area contributed by atoms with E-state index in [1.807, 2.05) is 30.3 Å². The van der Waals surface area contributed by atoms with Gasteiger partial charge in [0.25, 0.3) is 0 Å². The van der Waals surface area contributed by atoms with Crippen molar-refractivity contribution >= 4 is 37.8 Å². The average Bonchev–Trinajstić information content (AvgIpc) is 3.05. The van der Waals surface area contributed by atoms with E-state index in [-0.39, 0.29) is 0 Å². The van der Waals surface area contributed by atoms with Gasteiger partial charge in [-0.1, -0.05) is 21.0 Å². The van der Waals surface area contributed by atoms with Crippen LogP contribution in [0.5, 0.6) is 0 Å². The Morgan fingerprint density at radius 3 is 2.81 bits per heavy atom. The van der Waals surface area contributed by atoms with E-state index >= 15 is 0 Å². The fourth-order valence-electron chi connectivity index (χ4n) is 1.85. The van der Waals surface area contributed by atoms with Gasteiger partial charge in [-0.2, -0.15) is 0 Å². The molecule has 3 aromatic rings. The van der Waals surface area contributed by atoms with E-state index in [0.717, 1.165) is 26.0 Å². The van der Waals surface area contributed by atoms with E-state index in [1.54, 1.807) is 11.7 Å². The highest BCUT2D eigenvalue weighted by molar-refractivity contribution is 9.11. The van der Waals surface area contributed by atoms with Gasteiger partial charge in [-0.25, -0.2) is 4.68 Å². The molecule has 0 saturated heterocycles. The van der Waals surface area contributed by atoms with Crippen molar-refractivity contribution in [3.63, 3.8) is 0 Å². The van der Waals surface area contributed by atoms with Gasteiger partial charge in [-0.05, 0) is 56.7 Å². The normalized spacial score (nSPS) is 10.8. The zero-order chi connectivity index (χ0) is 14.8. The minimum Gasteiger partial charge on any atom is -0.459 e. The Labute approximate surface area is 137 Å². The van der Waals surface area contributed by atoms with Crippen LogP contribution >= 0.6 is 31.9 Å². The average molecular weight is 413 g/mol. The molecule has 0 radical (unpaired) electrons. The summed E-state index contributed by atoms with van der Waals surface area (Å²) in [7, 11) is 1.77. The van der Waals surface area contributed by atoms with Crippen LogP contribution in [0, 0.1) is 0 Å². The highest BCUT2D eigenvalue weighted by Crippen LogP contribution is 2.32. The second kappa shape index (κ2) is 5.98. The number of furan rings is 1. The van der Waals surface area contributed by atoms with Crippen LogP contribution in [0.2, 0.25) is 0 Å². The molecule has 0 fully saturated rings. The molecule has 0 atom stereocenters. The zero-order valence-corrected chi connectivity index (χ0v) is 14.2. The van der Waals surface area contributed by atoms with Crippen molar-refractivity contribution in [2.75, 3.05) is 5.32 Å². The second-order valence-corrected chi connectivity index (χ2v) is 6.14. The number of nitrogens with one attached hydrogen (secondary N) is 1. The van der Waals surface area contributed by atoms with E-state index in [0.29, 0.717) is 12.5 Å². The first-order valence-corrected chi connectivity index (χ1v) is 7.72. The SMILES string of the molecule is Cn1nnnc1NCc1ccc(-c2ccc(Br)cc2Br)o1. The summed E-state index contributed by atoms with van der Waals surface area (Å²) >= 11 is 6.97. The summed E-state index contributed by atoms with van der Waals surface area (Å²) in [4.78, 5) is 0. The Morgan fingerprint density at radius 2 is 2.10 bits per heavy atom. The van der Waals surface area contributed by atoms with Crippen LogP contribution in [0.4, 0.5) is 5.95 Å². The van der Waals surface area contributed by atoms with Crippen LogP contribution < -0.4 is 5.32 Å². The molecule has 3 rings (SSSR count). The number of aromatic nitrogens is 4.